The molecule has 0 amide bonds. The van der Waals surface area contributed by atoms with Gasteiger partial charge in [0.1, 0.15) is 6.61 Å². The molecule has 1 aromatic rings. The van der Waals surface area contributed by atoms with Gasteiger partial charge in [-0.05, 0) is 48.3 Å². The molecule has 0 atom stereocenters. The van der Waals surface area contributed by atoms with Gasteiger partial charge in [0.15, 0.2) is 23.1 Å². The van der Waals surface area contributed by atoms with Gasteiger partial charge in [-0.3, -0.25) is 9.59 Å². The Bertz CT molecular complexity index is 1140. The topological polar surface area (TPSA) is 65.1 Å². The molecule has 0 saturated heterocycles. The third-order valence-corrected chi connectivity index (χ3v) is 7.45. The molecule has 37 heavy (non-hydrogen) atoms. The Morgan fingerprint density at radius 1 is 0.946 bits per heavy atom. The molecule has 198 valence electrons. The fourth-order valence-electron chi connectivity index (χ4n) is 6.04. The van der Waals surface area contributed by atoms with Crippen LogP contribution >= 0.6 is 0 Å². The molecule has 0 radical (unpaired) electrons. The largest absolute Gasteiger partial charge is 0.490 e. The predicted molar refractivity (Wildman–Crippen MR) is 143 cm³/mol. The van der Waals surface area contributed by atoms with E-state index in [9.17, 15) is 9.59 Å². The minimum absolute atomic E-state index is 0.105. The maximum absolute atomic E-state index is 13.8. The third kappa shape index (κ3) is 5.33. The van der Waals surface area contributed by atoms with Crippen molar-refractivity contribution in [3.05, 3.63) is 46.3 Å². The normalized spacial score (nSPS) is 20.9. The van der Waals surface area contributed by atoms with Crippen molar-refractivity contribution in [2.75, 3.05) is 33.5 Å². The molecule has 0 N–H and O–H groups in total. The smallest absolute Gasteiger partial charge is 0.162 e. The molecule has 2 aliphatic carbocycles. The van der Waals surface area contributed by atoms with E-state index in [4.69, 9.17) is 20.6 Å². The Morgan fingerprint density at radius 2 is 1.54 bits per heavy atom. The highest BCUT2D eigenvalue weighted by Gasteiger charge is 2.49. The maximum Gasteiger partial charge on any atom is 0.162 e. The number of carbonyl (C=O) groups excluding carboxylic acids is 2. The summed E-state index contributed by atoms with van der Waals surface area (Å²) in [6.45, 7) is 12.2. The third-order valence-electron chi connectivity index (χ3n) is 7.45. The van der Waals surface area contributed by atoms with Gasteiger partial charge in [0.05, 0.1) is 13.2 Å². The number of ketones is 2. The van der Waals surface area contributed by atoms with Crippen LogP contribution in [0.15, 0.2) is 40.7 Å². The Morgan fingerprint density at radius 3 is 2.05 bits per heavy atom. The van der Waals surface area contributed by atoms with Crippen molar-refractivity contribution in [3.8, 4) is 23.8 Å². The lowest BCUT2D eigenvalue weighted by Crippen LogP contribution is -2.45. The molecule has 3 aliphatic rings. The van der Waals surface area contributed by atoms with Gasteiger partial charge in [-0.15, -0.1) is 6.42 Å². The molecule has 6 heteroatoms. The number of carbonyl (C=O) groups is 2. The fourth-order valence-corrected chi connectivity index (χ4v) is 6.04. The summed E-state index contributed by atoms with van der Waals surface area (Å²) >= 11 is 0. The number of hydrogen-bond donors (Lipinski definition) is 0. The Labute approximate surface area is 221 Å². The highest BCUT2D eigenvalue weighted by atomic mass is 16.5. The number of Topliss-reactive ketones (excluding diaryl/α,β-unsaturated/α-hetero) is 2. The molecular weight excluding hydrogens is 466 g/mol. The molecule has 0 unspecified atom stereocenters. The van der Waals surface area contributed by atoms with Crippen LogP contribution in [0.1, 0.15) is 71.8 Å². The first kappa shape index (κ1) is 27.0. The quantitative estimate of drug-likeness (QED) is 0.439. The van der Waals surface area contributed by atoms with E-state index < -0.39 is 5.92 Å². The average molecular weight is 506 g/mol. The lowest BCUT2D eigenvalue weighted by molar-refractivity contribution is -0.119. The van der Waals surface area contributed by atoms with E-state index in [2.05, 4.69) is 38.5 Å². The molecular formula is C31H39NO5. The molecule has 0 fully saturated rings. The average Bonchev–Trinajstić information content (AvgIpc) is 2.80. The van der Waals surface area contributed by atoms with Crippen LogP contribution in [0.5, 0.6) is 11.5 Å². The van der Waals surface area contributed by atoms with Gasteiger partial charge in [0.25, 0.3) is 0 Å². The number of benzene rings is 1. The Hall–Kier alpha value is -3.04. The summed E-state index contributed by atoms with van der Waals surface area (Å²) in [5, 5.41) is 0. The first-order valence-corrected chi connectivity index (χ1v) is 13.1. The van der Waals surface area contributed by atoms with Crippen molar-refractivity contribution in [1.82, 2.24) is 4.90 Å². The van der Waals surface area contributed by atoms with E-state index in [1.54, 1.807) is 7.11 Å². The number of rotatable bonds is 8. The van der Waals surface area contributed by atoms with Crippen molar-refractivity contribution < 1.29 is 23.8 Å². The predicted octanol–water partition coefficient (Wildman–Crippen LogP) is 5.43. The minimum Gasteiger partial charge on any atom is -0.490 e. The van der Waals surface area contributed by atoms with E-state index in [-0.39, 0.29) is 29.0 Å². The summed E-state index contributed by atoms with van der Waals surface area (Å²) in [4.78, 5) is 29.9. The van der Waals surface area contributed by atoms with Gasteiger partial charge in [-0.25, -0.2) is 0 Å². The lowest BCUT2D eigenvalue weighted by Gasteiger charge is -2.49. The second kappa shape index (κ2) is 10.4. The molecule has 1 aromatic carbocycles. The van der Waals surface area contributed by atoms with Crippen LogP contribution < -0.4 is 9.47 Å². The Kier molecular flexibility index (Phi) is 7.57. The van der Waals surface area contributed by atoms with Gasteiger partial charge < -0.3 is 19.1 Å². The van der Waals surface area contributed by atoms with Crippen LogP contribution in [-0.4, -0.2) is 49.9 Å². The Balaban J connectivity index is 1.95. The van der Waals surface area contributed by atoms with Gasteiger partial charge in [0, 0.05) is 55.0 Å². The first-order chi connectivity index (χ1) is 17.5. The van der Waals surface area contributed by atoms with Crippen LogP contribution in [0.2, 0.25) is 0 Å². The molecule has 6 nitrogen and oxygen atoms in total. The van der Waals surface area contributed by atoms with E-state index in [1.807, 2.05) is 25.1 Å². The SMILES string of the molecule is C#CCOc1ccc(C2C3=C(CC(C)(C)CC3=O)N(CCOC)C3=C2C(=O)CC(C)(C)C3)cc1OCC. The highest BCUT2D eigenvalue weighted by Crippen LogP contribution is 2.54. The van der Waals surface area contributed by atoms with Crippen molar-refractivity contribution in [2.24, 2.45) is 10.8 Å². The number of methoxy groups -OCH3 is 1. The first-order valence-electron chi connectivity index (χ1n) is 13.1. The van der Waals surface area contributed by atoms with E-state index in [0.717, 1.165) is 40.9 Å². The standard InChI is InChI=1S/C31H39NO5/c1-8-13-37-25-11-10-20(15-26(25)36-9-2)27-28-21(16-30(3,4)18-23(28)33)32(12-14-35-7)22-17-31(5,6)19-24(34)29(22)27/h1,10-11,15,27H,9,12-14,16-19H2,2-7H3. The minimum atomic E-state index is -0.433. The van der Waals surface area contributed by atoms with Gasteiger partial charge in [0.2, 0.25) is 0 Å². The van der Waals surface area contributed by atoms with Crippen molar-refractivity contribution in [3.63, 3.8) is 0 Å². The zero-order valence-corrected chi connectivity index (χ0v) is 23.0. The van der Waals surface area contributed by atoms with Crippen molar-refractivity contribution in [1.29, 1.82) is 0 Å². The molecule has 0 aromatic heterocycles. The molecule has 1 aliphatic heterocycles. The van der Waals surface area contributed by atoms with E-state index in [1.165, 1.54) is 0 Å². The number of terminal acetylenes is 1. The maximum atomic E-state index is 13.8. The van der Waals surface area contributed by atoms with Crippen LogP contribution in [0.25, 0.3) is 0 Å². The van der Waals surface area contributed by atoms with Crippen molar-refractivity contribution in [2.45, 2.75) is 66.2 Å². The van der Waals surface area contributed by atoms with Crippen LogP contribution in [0.3, 0.4) is 0 Å². The summed E-state index contributed by atoms with van der Waals surface area (Å²) in [6.07, 6.45) is 7.83. The summed E-state index contributed by atoms with van der Waals surface area (Å²) < 4.78 is 17.1. The second-order valence-electron chi connectivity index (χ2n) is 11.8. The number of ether oxygens (including phenoxy) is 3. The van der Waals surface area contributed by atoms with E-state index in [0.29, 0.717) is 44.1 Å². The monoisotopic (exact) mass is 505 g/mol. The number of allylic oxidation sites excluding steroid dienone is 4. The van der Waals surface area contributed by atoms with Gasteiger partial charge >= 0.3 is 0 Å². The zero-order valence-electron chi connectivity index (χ0n) is 23.0. The molecule has 4 rings (SSSR count). The van der Waals surface area contributed by atoms with Crippen LogP contribution in [0, 0.1) is 23.2 Å². The summed E-state index contributed by atoms with van der Waals surface area (Å²) in [5.74, 6) is 3.38. The lowest BCUT2D eigenvalue weighted by atomic mass is 9.63. The zero-order chi connectivity index (χ0) is 27.0. The second-order valence-corrected chi connectivity index (χ2v) is 11.8. The summed E-state index contributed by atoms with van der Waals surface area (Å²) in [6, 6.07) is 5.70. The highest BCUT2D eigenvalue weighted by molar-refractivity contribution is 6.06. The van der Waals surface area contributed by atoms with Crippen LogP contribution in [0.4, 0.5) is 0 Å². The fraction of sp³-hybridized carbons (Fsp3) is 0.548. The summed E-state index contributed by atoms with van der Waals surface area (Å²) in [7, 11) is 1.68. The molecule has 1 heterocycles. The van der Waals surface area contributed by atoms with Gasteiger partial charge in [-0.2, -0.15) is 0 Å². The number of nitrogens with zero attached hydrogens (tertiary/aromatic N) is 1. The molecule has 0 spiro atoms. The van der Waals surface area contributed by atoms with Gasteiger partial charge in [-0.1, -0.05) is 39.7 Å². The molecule has 0 bridgehead atoms. The van der Waals surface area contributed by atoms with E-state index >= 15 is 0 Å². The molecule has 0 saturated carbocycles. The van der Waals surface area contributed by atoms with Crippen LogP contribution in [-0.2, 0) is 14.3 Å². The summed E-state index contributed by atoms with van der Waals surface area (Å²) in [5.41, 5.74) is 4.06. The van der Waals surface area contributed by atoms with Crippen molar-refractivity contribution >= 4 is 11.6 Å². The number of hydrogen-bond acceptors (Lipinski definition) is 6.